The van der Waals surface area contributed by atoms with E-state index in [1.54, 1.807) is 6.07 Å². The van der Waals surface area contributed by atoms with Crippen LogP contribution in [0.4, 0.5) is 10.1 Å². The number of fused-ring (bicyclic) bond motifs is 1. The number of hydrogen-bond acceptors (Lipinski definition) is 2. The number of para-hydroxylation sites is 1. The van der Waals surface area contributed by atoms with Crippen molar-refractivity contribution in [2.45, 2.75) is 53.0 Å². The SMILES string of the molecule is CC(C)CC(C)(Cc1ccccc1)C(=O)NC1=Cc2cccc(F)c2NC(C)C1. The number of rotatable bonds is 6. The summed E-state index contributed by atoms with van der Waals surface area (Å²) >= 11 is 0. The number of benzene rings is 2. The molecule has 1 aliphatic heterocycles. The topological polar surface area (TPSA) is 41.1 Å². The highest BCUT2D eigenvalue weighted by Crippen LogP contribution is 2.33. The van der Waals surface area contributed by atoms with Crippen molar-refractivity contribution in [3.63, 3.8) is 0 Å². The van der Waals surface area contributed by atoms with Crippen LogP contribution in [0.25, 0.3) is 6.08 Å². The highest BCUT2D eigenvalue weighted by Gasteiger charge is 2.35. The van der Waals surface area contributed by atoms with E-state index in [4.69, 9.17) is 0 Å². The molecule has 0 aromatic heterocycles. The van der Waals surface area contributed by atoms with Gasteiger partial charge in [0.25, 0.3) is 0 Å². The van der Waals surface area contributed by atoms with Crippen molar-refractivity contribution in [2.24, 2.45) is 11.3 Å². The van der Waals surface area contributed by atoms with Crippen molar-refractivity contribution in [1.82, 2.24) is 5.32 Å². The van der Waals surface area contributed by atoms with Crippen LogP contribution in [-0.4, -0.2) is 11.9 Å². The van der Waals surface area contributed by atoms with Crippen molar-refractivity contribution in [2.75, 3.05) is 5.32 Å². The largest absolute Gasteiger partial charge is 0.379 e. The lowest BCUT2D eigenvalue weighted by Gasteiger charge is -2.31. The summed E-state index contributed by atoms with van der Waals surface area (Å²) < 4.78 is 14.2. The minimum absolute atomic E-state index is 0.0187. The molecule has 29 heavy (non-hydrogen) atoms. The minimum Gasteiger partial charge on any atom is -0.379 e. The zero-order chi connectivity index (χ0) is 21.0. The summed E-state index contributed by atoms with van der Waals surface area (Å²) in [5.74, 6) is 0.147. The summed E-state index contributed by atoms with van der Waals surface area (Å²) in [4.78, 5) is 13.4. The number of hydrogen-bond donors (Lipinski definition) is 2. The van der Waals surface area contributed by atoms with Gasteiger partial charge in [0, 0.05) is 23.7 Å². The van der Waals surface area contributed by atoms with E-state index in [-0.39, 0.29) is 17.8 Å². The molecule has 0 bridgehead atoms. The molecule has 2 unspecified atom stereocenters. The third-order valence-corrected chi connectivity index (χ3v) is 5.41. The van der Waals surface area contributed by atoms with E-state index in [0.717, 1.165) is 23.2 Å². The van der Waals surface area contributed by atoms with Gasteiger partial charge in [-0.2, -0.15) is 0 Å². The maximum atomic E-state index is 14.2. The van der Waals surface area contributed by atoms with Gasteiger partial charge in [0.05, 0.1) is 11.1 Å². The highest BCUT2D eigenvalue weighted by molar-refractivity contribution is 5.85. The van der Waals surface area contributed by atoms with Gasteiger partial charge in [-0.3, -0.25) is 4.79 Å². The predicted octanol–water partition coefficient (Wildman–Crippen LogP) is 5.78. The van der Waals surface area contributed by atoms with E-state index >= 15 is 0 Å². The smallest absolute Gasteiger partial charge is 0.230 e. The Morgan fingerprint density at radius 1 is 1.21 bits per heavy atom. The molecule has 3 rings (SSSR count). The summed E-state index contributed by atoms with van der Waals surface area (Å²) in [6.45, 7) is 8.33. The van der Waals surface area contributed by atoms with E-state index in [2.05, 4.69) is 36.6 Å². The number of carbonyl (C=O) groups is 1. The first-order valence-electron chi connectivity index (χ1n) is 10.4. The van der Waals surface area contributed by atoms with Crippen LogP contribution in [0.5, 0.6) is 0 Å². The second kappa shape index (κ2) is 8.81. The zero-order valence-electron chi connectivity index (χ0n) is 17.8. The average molecular weight is 395 g/mol. The lowest BCUT2D eigenvalue weighted by atomic mass is 9.76. The maximum absolute atomic E-state index is 14.2. The lowest BCUT2D eigenvalue weighted by Crippen LogP contribution is -2.41. The van der Waals surface area contributed by atoms with E-state index < -0.39 is 5.41 Å². The van der Waals surface area contributed by atoms with Crippen LogP contribution in [0.2, 0.25) is 0 Å². The maximum Gasteiger partial charge on any atom is 0.230 e. The van der Waals surface area contributed by atoms with Gasteiger partial charge in [-0.15, -0.1) is 0 Å². The minimum atomic E-state index is -0.524. The van der Waals surface area contributed by atoms with E-state index in [9.17, 15) is 9.18 Å². The molecule has 154 valence electrons. The molecule has 1 heterocycles. The summed E-state index contributed by atoms with van der Waals surface area (Å²) in [5.41, 5.74) is 2.71. The molecule has 0 aliphatic carbocycles. The Hall–Kier alpha value is -2.62. The summed E-state index contributed by atoms with van der Waals surface area (Å²) in [7, 11) is 0. The van der Waals surface area contributed by atoms with E-state index in [0.29, 0.717) is 24.4 Å². The first kappa shape index (κ1) is 21.1. The fourth-order valence-electron chi connectivity index (χ4n) is 4.26. The van der Waals surface area contributed by atoms with Gasteiger partial charge in [-0.25, -0.2) is 4.39 Å². The third kappa shape index (κ3) is 5.26. The molecule has 0 saturated heterocycles. The van der Waals surface area contributed by atoms with Gasteiger partial charge in [0.2, 0.25) is 5.91 Å². The molecule has 2 aromatic carbocycles. The van der Waals surface area contributed by atoms with Gasteiger partial charge in [0.1, 0.15) is 5.82 Å². The Kier molecular flexibility index (Phi) is 6.41. The molecule has 0 spiro atoms. The van der Waals surface area contributed by atoms with Crippen LogP contribution in [0.15, 0.2) is 54.2 Å². The molecule has 2 N–H and O–H groups in total. The molecule has 4 heteroatoms. The number of carbonyl (C=O) groups excluding carboxylic acids is 1. The van der Waals surface area contributed by atoms with Gasteiger partial charge < -0.3 is 10.6 Å². The predicted molar refractivity (Wildman–Crippen MR) is 118 cm³/mol. The molecule has 1 amide bonds. The molecular formula is C25H31FN2O. The van der Waals surface area contributed by atoms with Crippen LogP contribution >= 0.6 is 0 Å². The Bertz CT molecular complexity index is 891. The standard InChI is InChI=1S/C25H31FN2O/c1-17(2)15-25(4,16-19-9-6-5-7-10-19)24(29)28-21-13-18(3)27-23-20(14-21)11-8-12-22(23)26/h5-12,14,17-18,27H,13,15-16H2,1-4H3,(H,28,29). The molecule has 0 saturated carbocycles. The fourth-order valence-corrected chi connectivity index (χ4v) is 4.26. The van der Waals surface area contributed by atoms with E-state index in [1.807, 2.05) is 44.2 Å². The monoisotopic (exact) mass is 394 g/mol. The Balaban J connectivity index is 1.86. The molecule has 3 nitrogen and oxygen atoms in total. The van der Waals surface area contributed by atoms with Crippen LogP contribution in [0.1, 0.15) is 51.7 Å². The van der Waals surface area contributed by atoms with Gasteiger partial charge in [-0.1, -0.05) is 63.2 Å². The van der Waals surface area contributed by atoms with Crippen molar-refractivity contribution in [1.29, 1.82) is 0 Å². The van der Waals surface area contributed by atoms with Crippen molar-refractivity contribution in [3.05, 3.63) is 71.2 Å². The number of anilines is 1. The van der Waals surface area contributed by atoms with E-state index in [1.165, 1.54) is 6.07 Å². The summed E-state index contributed by atoms with van der Waals surface area (Å²) in [6, 6.07) is 15.2. The van der Waals surface area contributed by atoms with Crippen LogP contribution in [0.3, 0.4) is 0 Å². The first-order chi connectivity index (χ1) is 13.8. The quantitative estimate of drug-likeness (QED) is 0.652. The van der Waals surface area contributed by atoms with Gasteiger partial charge >= 0.3 is 0 Å². The summed E-state index contributed by atoms with van der Waals surface area (Å²) in [6.07, 6.45) is 4.00. The van der Waals surface area contributed by atoms with Crippen LogP contribution in [0, 0.1) is 17.2 Å². The molecule has 0 radical (unpaired) electrons. The number of amides is 1. The van der Waals surface area contributed by atoms with Crippen molar-refractivity contribution >= 4 is 17.7 Å². The molecule has 2 aromatic rings. The Labute approximate surface area is 173 Å². The summed E-state index contributed by atoms with van der Waals surface area (Å²) in [5, 5.41) is 6.40. The van der Waals surface area contributed by atoms with Crippen molar-refractivity contribution < 1.29 is 9.18 Å². The fraction of sp³-hybridized carbons (Fsp3) is 0.400. The first-order valence-corrected chi connectivity index (χ1v) is 10.4. The van der Waals surface area contributed by atoms with Crippen LogP contribution in [-0.2, 0) is 11.2 Å². The Morgan fingerprint density at radius 3 is 2.62 bits per heavy atom. The second-order valence-electron chi connectivity index (χ2n) is 8.90. The van der Waals surface area contributed by atoms with Gasteiger partial charge in [-0.05, 0) is 43.4 Å². The van der Waals surface area contributed by atoms with Crippen molar-refractivity contribution in [3.8, 4) is 0 Å². The Morgan fingerprint density at radius 2 is 1.93 bits per heavy atom. The van der Waals surface area contributed by atoms with Gasteiger partial charge in [0.15, 0.2) is 0 Å². The average Bonchev–Trinajstić information content (AvgIpc) is 2.80. The number of nitrogens with one attached hydrogen (secondary N) is 2. The van der Waals surface area contributed by atoms with Crippen LogP contribution < -0.4 is 10.6 Å². The molecule has 0 fully saturated rings. The zero-order valence-corrected chi connectivity index (χ0v) is 17.8. The molecule has 1 aliphatic rings. The molecule has 2 atom stereocenters. The molecular weight excluding hydrogens is 363 g/mol. The second-order valence-corrected chi connectivity index (χ2v) is 8.90. The number of halogens is 1. The third-order valence-electron chi connectivity index (χ3n) is 5.41. The highest BCUT2D eigenvalue weighted by atomic mass is 19.1. The normalized spacial score (nSPS) is 18.1. The lowest BCUT2D eigenvalue weighted by molar-refractivity contribution is -0.130.